The molecule has 1 saturated carbocycles. The molecule has 1 aromatic rings. The van der Waals surface area contributed by atoms with E-state index in [0.29, 0.717) is 24.8 Å². The Morgan fingerprint density at radius 2 is 1.60 bits per heavy atom. The monoisotopic (exact) mass is 276 g/mol. The number of benzene rings is 1. The smallest absolute Gasteiger partial charge is 0.194 e. The molecule has 1 fully saturated rings. The largest absolute Gasteiger partial charge is 0.382 e. The van der Waals surface area contributed by atoms with Gasteiger partial charge in [0.25, 0.3) is 0 Å². The van der Waals surface area contributed by atoms with E-state index in [4.69, 9.17) is 0 Å². The Bertz CT molecular complexity index is 431. The van der Waals surface area contributed by atoms with Gasteiger partial charge in [-0.25, -0.2) is 0 Å². The maximum absolute atomic E-state index is 12.1. The zero-order chi connectivity index (χ0) is 15.0. The molecular formula is C17H24O3. The van der Waals surface area contributed by atoms with E-state index in [1.54, 1.807) is 19.1 Å². The quantitative estimate of drug-likeness (QED) is 0.859. The van der Waals surface area contributed by atoms with E-state index >= 15 is 0 Å². The lowest BCUT2D eigenvalue weighted by Gasteiger charge is -2.30. The van der Waals surface area contributed by atoms with Gasteiger partial charge in [0, 0.05) is 12.0 Å². The summed E-state index contributed by atoms with van der Waals surface area (Å²) in [6.45, 7) is 3.43. The molecule has 0 spiro atoms. The fourth-order valence-corrected chi connectivity index (χ4v) is 2.22. The number of aliphatic hydroxyl groups is 1. The van der Waals surface area contributed by atoms with Gasteiger partial charge in [0.1, 0.15) is 11.4 Å². The molecule has 1 aliphatic rings. The van der Waals surface area contributed by atoms with E-state index in [1.807, 2.05) is 25.1 Å². The van der Waals surface area contributed by atoms with Crippen molar-refractivity contribution in [2.45, 2.75) is 58.0 Å². The van der Waals surface area contributed by atoms with E-state index in [0.717, 1.165) is 19.3 Å². The van der Waals surface area contributed by atoms with Gasteiger partial charge in [-0.2, -0.15) is 0 Å². The Balaban J connectivity index is 0.000000347. The first-order chi connectivity index (χ1) is 9.49. The fraction of sp³-hybridized carbons (Fsp3) is 0.529. The minimum Gasteiger partial charge on any atom is -0.382 e. The van der Waals surface area contributed by atoms with E-state index in [9.17, 15) is 14.7 Å². The number of hydrogen-bond acceptors (Lipinski definition) is 3. The molecule has 110 valence electrons. The summed E-state index contributed by atoms with van der Waals surface area (Å²) in [4.78, 5) is 21.9. The van der Waals surface area contributed by atoms with Gasteiger partial charge in [-0.1, -0.05) is 56.5 Å². The Labute approximate surface area is 121 Å². The van der Waals surface area contributed by atoms with Crippen LogP contribution in [0.4, 0.5) is 0 Å². The van der Waals surface area contributed by atoms with Crippen molar-refractivity contribution in [2.75, 3.05) is 0 Å². The molecular weight excluding hydrogens is 252 g/mol. The second kappa shape index (κ2) is 7.95. The summed E-state index contributed by atoms with van der Waals surface area (Å²) in [6, 6.07) is 9.09. The number of carbonyl (C=O) groups excluding carboxylic acids is 2. The number of hydrogen-bond donors (Lipinski definition) is 1. The highest BCUT2D eigenvalue weighted by molar-refractivity contribution is 6.02. The van der Waals surface area contributed by atoms with Crippen molar-refractivity contribution in [3.05, 3.63) is 35.9 Å². The maximum Gasteiger partial charge on any atom is 0.194 e. The van der Waals surface area contributed by atoms with Crippen LogP contribution in [0, 0.1) is 0 Å². The molecule has 0 saturated heterocycles. The standard InChI is InChI=1S/C13H16O2.C4H8O/c14-12(11-7-3-1-4-8-11)13(15)9-5-2-6-10-13;1-3-4(2)5/h1,3-4,7-8,15H,2,5-6,9-10H2;3H2,1-2H3. The highest BCUT2D eigenvalue weighted by Gasteiger charge is 2.37. The van der Waals surface area contributed by atoms with Crippen LogP contribution >= 0.6 is 0 Å². The first-order valence-corrected chi connectivity index (χ1v) is 7.31. The molecule has 20 heavy (non-hydrogen) atoms. The van der Waals surface area contributed by atoms with E-state index in [2.05, 4.69) is 0 Å². The SMILES string of the molecule is CCC(C)=O.O=C(c1ccccc1)C1(O)CCCCC1. The van der Waals surface area contributed by atoms with Gasteiger partial charge in [-0.3, -0.25) is 4.79 Å². The minimum absolute atomic E-state index is 0.109. The first-order valence-electron chi connectivity index (χ1n) is 7.31. The lowest BCUT2D eigenvalue weighted by atomic mass is 9.79. The van der Waals surface area contributed by atoms with Crippen LogP contribution in [0.2, 0.25) is 0 Å². The molecule has 1 aromatic carbocycles. The van der Waals surface area contributed by atoms with Crippen molar-refractivity contribution in [3.63, 3.8) is 0 Å². The Morgan fingerprint density at radius 3 is 2.05 bits per heavy atom. The van der Waals surface area contributed by atoms with Crippen molar-refractivity contribution in [1.82, 2.24) is 0 Å². The second-order valence-corrected chi connectivity index (χ2v) is 5.34. The summed E-state index contributed by atoms with van der Waals surface area (Å²) in [5.74, 6) is 0.146. The Morgan fingerprint density at radius 1 is 1.10 bits per heavy atom. The van der Waals surface area contributed by atoms with Crippen LogP contribution in [-0.4, -0.2) is 22.3 Å². The summed E-state index contributed by atoms with van der Waals surface area (Å²) in [5.41, 5.74) is -0.471. The zero-order valence-corrected chi connectivity index (χ0v) is 12.4. The Hall–Kier alpha value is -1.48. The highest BCUT2D eigenvalue weighted by atomic mass is 16.3. The van der Waals surface area contributed by atoms with E-state index < -0.39 is 5.60 Å². The average Bonchev–Trinajstić information content (AvgIpc) is 2.48. The average molecular weight is 276 g/mol. The number of Topliss-reactive ketones (excluding diaryl/α,β-unsaturated/α-hetero) is 2. The number of rotatable bonds is 3. The molecule has 0 unspecified atom stereocenters. The van der Waals surface area contributed by atoms with Crippen LogP contribution in [0.25, 0.3) is 0 Å². The predicted octanol–water partition coefficient (Wildman–Crippen LogP) is 3.55. The lowest BCUT2D eigenvalue weighted by molar-refractivity contribution is -0.116. The van der Waals surface area contributed by atoms with Gasteiger partial charge in [0.05, 0.1) is 0 Å². The van der Waals surface area contributed by atoms with Crippen LogP contribution in [0.15, 0.2) is 30.3 Å². The molecule has 0 bridgehead atoms. The number of ketones is 2. The van der Waals surface area contributed by atoms with Crippen LogP contribution in [0.1, 0.15) is 62.7 Å². The summed E-state index contributed by atoms with van der Waals surface area (Å²) in [7, 11) is 0. The first kappa shape index (κ1) is 16.6. The highest BCUT2D eigenvalue weighted by Crippen LogP contribution is 2.30. The van der Waals surface area contributed by atoms with Crippen LogP contribution in [0.3, 0.4) is 0 Å². The van der Waals surface area contributed by atoms with Crippen LogP contribution in [0.5, 0.6) is 0 Å². The van der Waals surface area contributed by atoms with Gasteiger partial charge < -0.3 is 9.90 Å². The van der Waals surface area contributed by atoms with Gasteiger partial charge in [0.15, 0.2) is 5.78 Å². The number of carbonyl (C=O) groups is 2. The summed E-state index contributed by atoms with van der Waals surface area (Å²) >= 11 is 0. The van der Waals surface area contributed by atoms with Crippen molar-refractivity contribution in [1.29, 1.82) is 0 Å². The topological polar surface area (TPSA) is 54.4 Å². The Kier molecular flexibility index (Phi) is 6.59. The third kappa shape index (κ3) is 4.89. The molecule has 0 heterocycles. The summed E-state index contributed by atoms with van der Waals surface area (Å²) < 4.78 is 0. The van der Waals surface area contributed by atoms with Gasteiger partial charge in [0.2, 0.25) is 0 Å². The van der Waals surface area contributed by atoms with Gasteiger partial charge in [-0.05, 0) is 19.8 Å². The van der Waals surface area contributed by atoms with E-state index in [1.165, 1.54) is 0 Å². The van der Waals surface area contributed by atoms with Crippen molar-refractivity contribution >= 4 is 11.6 Å². The molecule has 0 atom stereocenters. The zero-order valence-electron chi connectivity index (χ0n) is 12.4. The lowest BCUT2D eigenvalue weighted by Crippen LogP contribution is -2.40. The predicted molar refractivity (Wildman–Crippen MR) is 79.8 cm³/mol. The van der Waals surface area contributed by atoms with Gasteiger partial charge in [-0.15, -0.1) is 0 Å². The van der Waals surface area contributed by atoms with Gasteiger partial charge >= 0.3 is 0 Å². The molecule has 0 aliphatic heterocycles. The molecule has 1 N–H and O–H groups in total. The van der Waals surface area contributed by atoms with Crippen molar-refractivity contribution in [2.24, 2.45) is 0 Å². The fourth-order valence-electron chi connectivity index (χ4n) is 2.22. The normalized spacial score (nSPS) is 16.8. The molecule has 1 aliphatic carbocycles. The van der Waals surface area contributed by atoms with Crippen molar-refractivity contribution < 1.29 is 14.7 Å². The minimum atomic E-state index is -1.10. The third-order valence-electron chi connectivity index (χ3n) is 3.64. The van der Waals surface area contributed by atoms with E-state index in [-0.39, 0.29) is 11.6 Å². The molecule has 0 amide bonds. The van der Waals surface area contributed by atoms with Crippen LogP contribution in [-0.2, 0) is 4.79 Å². The van der Waals surface area contributed by atoms with Crippen LogP contribution < -0.4 is 0 Å². The molecule has 3 heteroatoms. The summed E-state index contributed by atoms with van der Waals surface area (Å²) in [5, 5.41) is 10.2. The third-order valence-corrected chi connectivity index (χ3v) is 3.64. The molecule has 2 rings (SSSR count). The van der Waals surface area contributed by atoms with Crippen molar-refractivity contribution in [3.8, 4) is 0 Å². The molecule has 0 aromatic heterocycles. The summed E-state index contributed by atoms with van der Waals surface area (Å²) in [6.07, 6.45) is 4.93. The molecule has 3 nitrogen and oxygen atoms in total. The maximum atomic E-state index is 12.1. The second-order valence-electron chi connectivity index (χ2n) is 5.34. The molecule has 0 radical (unpaired) electrons.